The minimum atomic E-state index is 0.497. The fraction of sp³-hybridized carbons (Fsp3) is 0.778. The second kappa shape index (κ2) is 3.46. The van der Waals surface area contributed by atoms with Gasteiger partial charge in [-0.1, -0.05) is 6.92 Å². The quantitative estimate of drug-likeness (QED) is 0.709. The molecule has 2 atom stereocenters. The topological polar surface area (TPSA) is 53.6 Å². The van der Waals surface area contributed by atoms with Crippen LogP contribution in [0.15, 0.2) is 0 Å². The van der Waals surface area contributed by atoms with Crippen LogP contribution in [0, 0.1) is 0 Å². The Hall–Kier alpha value is -0.900. The van der Waals surface area contributed by atoms with Crippen molar-refractivity contribution in [1.29, 1.82) is 0 Å². The molecular formula is C9H16N4. The predicted octanol–water partition coefficient (Wildman–Crippen LogP) is 0.832. The molecule has 72 valence electrons. The van der Waals surface area contributed by atoms with E-state index in [9.17, 15) is 0 Å². The van der Waals surface area contributed by atoms with Crippen molar-refractivity contribution in [1.82, 2.24) is 20.5 Å². The standard InChI is InChI=1S/C9H16N4/c1-3-8-11-9(13-12-8)7-4-5-10-6(7)2/h6-7,10H,3-5H2,1-2H3,(H,11,12,13). The first-order chi connectivity index (χ1) is 6.31. The predicted molar refractivity (Wildman–Crippen MR) is 50.6 cm³/mol. The molecule has 1 saturated heterocycles. The number of aromatic amines is 1. The molecule has 0 aliphatic carbocycles. The highest BCUT2D eigenvalue weighted by atomic mass is 15.2. The van der Waals surface area contributed by atoms with E-state index in [4.69, 9.17) is 0 Å². The lowest BCUT2D eigenvalue weighted by Gasteiger charge is -2.09. The fourth-order valence-electron chi connectivity index (χ4n) is 1.85. The van der Waals surface area contributed by atoms with Crippen molar-refractivity contribution >= 4 is 0 Å². The summed E-state index contributed by atoms with van der Waals surface area (Å²) < 4.78 is 0. The maximum Gasteiger partial charge on any atom is 0.155 e. The molecular weight excluding hydrogens is 164 g/mol. The summed E-state index contributed by atoms with van der Waals surface area (Å²) in [6.07, 6.45) is 2.09. The van der Waals surface area contributed by atoms with Crippen LogP contribution in [0.2, 0.25) is 0 Å². The minimum absolute atomic E-state index is 0.497. The first kappa shape index (κ1) is 8.69. The molecule has 13 heavy (non-hydrogen) atoms. The Morgan fingerprint density at radius 1 is 1.54 bits per heavy atom. The molecule has 0 radical (unpaired) electrons. The summed E-state index contributed by atoms with van der Waals surface area (Å²) in [5.41, 5.74) is 0. The molecule has 0 bridgehead atoms. The van der Waals surface area contributed by atoms with Gasteiger partial charge in [0.2, 0.25) is 0 Å². The molecule has 0 saturated carbocycles. The van der Waals surface area contributed by atoms with E-state index in [1.807, 2.05) is 0 Å². The summed E-state index contributed by atoms with van der Waals surface area (Å²) in [4.78, 5) is 4.45. The number of aryl methyl sites for hydroxylation is 1. The highest BCUT2D eigenvalue weighted by molar-refractivity contribution is 5.04. The maximum atomic E-state index is 4.45. The number of H-pyrrole nitrogens is 1. The van der Waals surface area contributed by atoms with Crippen LogP contribution in [0.1, 0.15) is 37.8 Å². The number of aromatic nitrogens is 3. The Morgan fingerprint density at radius 2 is 2.38 bits per heavy atom. The number of nitrogens with one attached hydrogen (secondary N) is 2. The van der Waals surface area contributed by atoms with Gasteiger partial charge < -0.3 is 5.32 Å². The van der Waals surface area contributed by atoms with E-state index in [-0.39, 0.29) is 0 Å². The van der Waals surface area contributed by atoms with Crippen LogP contribution in [-0.4, -0.2) is 27.8 Å². The van der Waals surface area contributed by atoms with Crippen LogP contribution in [-0.2, 0) is 6.42 Å². The molecule has 0 spiro atoms. The fourth-order valence-corrected chi connectivity index (χ4v) is 1.85. The minimum Gasteiger partial charge on any atom is -0.314 e. The number of rotatable bonds is 2. The van der Waals surface area contributed by atoms with E-state index < -0.39 is 0 Å². The second-order valence-electron chi connectivity index (χ2n) is 3.63. The van der Waals surface area contributed by atoms with E-state index in [2.05, 4.69) is 34.3 Å². The van der Waals surface area contributed by atoms with E-state index in [0.29, 0.717) is 12.0 Å². The first-order valence-corrected chi connectivity index (χ1v) is 4.95. The van der Waals surface area contributed by atoms with Crippen LogP contribution in [0.3, 0.4) is 0 Å². The Kier molecular flexibility index (Phi) is 2.31. The van der Waals surface area contributed by atoms with E-state index >= 15 is 0 Å². The molecule has 2 rings (SSSR count). The van der Waals surface area contributed by atoms with E-state index in [0.717, 1.165) is 31.0 Å². The average Bonchev–Trinajstić information content (AvgIpc) is 2.71. The van der Waals surface area contributed by atoms with Crippen LogP contribution in [0.25, 0.3) is 0 Å². The molecule has 1 aliphatic heterocycles. The molecule has 1 aliphatic rings. The Morgan fingerprint density at radius 3 is 2.92 bits per heavy atom. The van der Waals surface area contributed by atoms with Gasteiger partial charge in [0, 0.05) is 18.4 Å². The molecule has 2 unspecified atom stereocenters. The van der Waals surface area contributed by atoms with Gasteiger partial charge in [0.15, 0.2) is 5.82 Å². The smallest absolute Gasteiger partial charge is 0.155 e. The average molecular weight is 180 g/mol. The third-order valence-corrected chi connectivity index (χ3v) is 2.74. The molecule has 1 aromatic heterocycles. The van der Waals surface area contributed by atoms with Crippen molar-refractivity contribution in [2.24, 2.45) is 0 Å². The van der Waals surface area contributed by atoms with Crippen molar-refractivity contribution in [3.63, 3.8) is 0 Å². The molecule has 1 fully saturated rings. The van der Waals surface area contributed by atoms with Crippen molar-refractivity contribution in [2.75, 3.05) is 6.54 Å². The lowest BCUT2D eigenvalue weighted by atomic mass is 10.0. The molecule has 1 aromatic rings. The lowest BCUT2D eigenvalue weighted by molar-refractivity contribution is 0.569. The van der Waals surface area contributed by atoms with Gasteiger partial charge >= 0.3 is 0 Å². The third-order valence-electron chi connectivity index (χ3n) is 2.74. The highest BCUT2D eigenvalue weighted by Crippen LogP contribution is 2.24. The zero-order chi connectivity index (χ0) is 9.26. The summed E-state index contributed by atoms with van der Waals surface area (Å²) in [6.45, 7) is 5.36. The Labute approximate surface area is 78.1 Å². The molecule has 4 nitrogen and oxygen atoms in total. The molecule has 0 aromatic carbocycles. The lowest BCUT2D eigenvalue weighted by Crippen LogP contribution is -2.22. The number of hydrogen-bond acceptors (Lipinski definition) is 3. The molecule has 2 heterocycles. The SMILES string of the molecule is CCc1nc(C2CCNC2C)n[nH]1. The number of nitrogens with zero attached hydrogens (tertiary/aromatic N) is 2. The summed E-state index contributed by atoms with van der Waals surface area (Å²) in [5, 5.41) is 10.6. The van der Waals surface area contributed by atoms with Gasteiger partial charge in [-0.15, -0.1) is 0 Å². The summed E-state index contributed by atoms with van der Waals surface area (Å²) >= 11 is 0. The summed E-state index contributed by atoms with van der Waals surface area (Å²) in [5.74, 6) is 2.47. The van der Waals surface area contributed by atoms with Gasteiger partial charge in [0.25, 0.3) is 0 Å². The van der Waals surface area contributed by atoms with Crippen LogP contribution in [0.4, 0.5) is 0 Å². The van der Waals surface area contributed by atoms with E-state index in [1.54, 1.807) is 0 Å². The summed E-state index contributed by atoms with van der Waals surface area (Å²) in [6, 6.07) is 0.514. The van der Waals surface area contributed by atoms with Crippen LogP contribution >= 0.6 is 0 Å². The molecule has 4 heteroatoms. The van der Waals surface area contributed by atoms with Crippen LogP contribution < -0.4 is 5.32 Å². The van der Waals surface area contributed by atoms with Crippen molar-refractivity contribution in [3.8, 4) is 0 Å². The number of hydrogen-bond donors (Lipinski definition) is 2. The van der Waals surface area contributed by atoms with Crippen molar-refractivity contribution in [2.45, 2.75) is 38.6 Å². The highest BCUT2D eigenvalue weighted by Gasteiger charge is 2.27. The van der Waals surface area contributed by atoms with E-state index in [1.165, 1.54) is 0 Å². The van der Waals surface area contributed by atoms with Crippen LogP contribution in [0.5, 0.6) is 0 Å². The van der Waals surface area contributed by atoms with Gasteiger partial charge in [0.05, 0.1) is 0 Å². The normalized spacial score (nSPS) is 28.2. The zero-order valence-electron chi connectivity index (χ0n) is 8.17. The Bertz CT molecular complexity index is 281. The summed E-state index contributed by atoms with van der Waals surface area (Å²) in [7, 11) is 0. The monoisotopic (exact) mass is 180 g/mol. The Balaban J connectivity index is 2.15. The third kappa shape index (κ3) is 1.58. The van der Waals surface area contributed by atoms with Gasteiger partial charge in [-0.2, -0.15) is 5.10 Å². The van der Waals surface area contributed by atoms with Crippen molar-refractivity contribution < 1.29 is 0 Å². The van der Waals surface area contributed by atoms with Gasteiger partial charge in [-0.3, -0.25) is 5.10 Å². The zero-order valence-corrected chi connectivity index (χ0v) is 8.17. The van der Waals surface area contributed by atoms with Gasteiger partial charge in [-0.05, 0) is 19.9 Å². The van der Waals surface area contributed by atoms with Gasteiger partial charge in [0.1, 0.15) is 5.82 Å². The second-order valence-corrected chi connectivity index (χ2v) is 3.63. The van der Waals surface area contributed by atoms with Gasteiger partial charge in [-0.25, -0.2) is 4.98 Å². The molecule has 2 N–H and O–H groups in total. The first-order valence-electron chi connectivity index (χ1n) is 4.95. The molecule has 0 amide bonds. The largest absolute Gasteiger partial charge is 0.314 e. The maximum absolute atomic E-state index is 4.45. The van der Waals surface area contributed by atoms with Crippen molar-refractivity contribution in [3.05, 3.63) is 11.6 Å².